The first-order valence-electron chi connectivity index (χ1n) is 2.73. The van der Waals surface area contributed by atoms with Crippen LogP contribution in [-0.4, -0.2) is 27.5 Å². The molecular formula is C4H10NO2P. The first kappa shape index (κ1) is 6.43. The predicted molar refractivity (Wildman–Crippen MR) is 32.2 cm³/mol. The molecule has 4 heteroatoms. The second kappa shape index (κ2) is 2.74. The fourth-order valence-corrected chi connectivity index (χ4v) is 1.52. The lowest BCUT2D eigenvalue weighted by Gasteiger charge is -2.13. The Balaban J connectivity index is 2.24. The van der Waals surface area contributed by atoms with Gasteiger partial charge in [-0.1, -0.05) is 0 Å². The zero-order valence-corrected chi connectivity index (χ0v) is 5.51. The van der Waals surface area contributed by atoms with E-state index in [1.165, 1.54) is 0 Å². The third kappa shape index (κ3) is 1.39. The van der Waals surface area contributed by atoms with Crippen molar-refractivity contribution in [1.29, 1.82) is 0 Å². The SMILES string of the molecule is OP(O)N1CCCC1. The summed E-state index contributed by atoms with van der Waals surface area (Å²) >= 11 is 0. The fraction of sp³-hybridized carbons (Fsp3) is 1.00. The molecule has 48 valence electrons. The van der Waals surface area contributed by atoms with Crippen molar-refractivity contribution >= 4 is 8.53 Å². The van der Waals surface area contributed by atoms with Crippen molar-refractivity contribution in [3.63, 3.8) is 0 Å². The lowest BCUT2D eigenvalue weighted by atomic mass is 10.4. The largest absolute Gasteiger partial charge is 0.338 e. The van der Waals surface area contributed by atoms with Crippen LogP contribution in [0.4, 0.5) is 0 Å². The first-order chi connectivity index (χ1) is 3.80. The van der Waals surface area contributed by atoms with Crippen molar-refractivity contribution < 1.29 is 9.79 Å². The molecule has 1 rings (SSSR count). The third-order valence-corrected chi connectivity index (χ3v) is 2.24. The molecule has 0 spiro atoms. The van der Waals surface area contributed by atoms with Crippen molar-refractivity contribution in [3.8, 4) is 0 Å². The minimum absolute atomic E-state index is 0.860. The molecule has 0 unspecified atom stereocenters. The number of hydrogen-bond donors (Lipinski definition) is 2. The van der Waals surface area contributed by atoms with Gasteiger partial charge in [-0.05, 0) is 12.8 Å². The Labute approximate surface area is 49.9 Å². The van der Waals surface area contributed by atoms with E-state index in [0.29, 0.717) is 0 Å². The summed E-state index contributed by atoms with van der Waals surface area (Å²) < 4.78 is 1.70. The van der Waals surface area contributed by atoms with E-state index in [0.717, 1.165) is 25.9 Å². The number of hydrogen-bond acceptors (Lipinski definition) is 3. The van der Waals surface area contributed by atoms with Crippen LogP contribution in [-0.2, 0) is 0 Å². The van der Waals surface area contributed by atoms with Crippen LogP contribution in [0.5, 0.6) is 0 Å². The van der Waals surface area contributed by atoms with Crippen LogP contribution in [0.2, 0.25) is 0 Å². The molecule has 0 saturated carbocycles. The van der Waals surface area contributed by atoms with Crippen molar-refractivity contribution in [2.75, 3.05) is 13.1 Å². The molecule has 0 radical (unpaired) electrons. The Morgan fingerprint density at radius 2 is 1.62 bits per heavy atom. The maximum atomic E-state index is 8.60. The molecule has 1 aliphatic heterocycles. The van der Waals surface area contributed by atoms with Crippen LogP contribution in [0, 0.1) is 0 Å². The molecule has 0 atom stereocenters. The Kier molecular flexibility index (Phi) is 2.20. The quantitative estimate of drug-likeness (QED) is 0.508. The summed E-state index contributed by atoms with van der Waals surface area (Å²) in [5, 5.41) is 0. The van der Waals surface area contributed by atoms with Gasteiger partial charge in [0.25, 0.3) is 8.53 Å². The highest BCUT2D eigenvalue weighted by atomic mass is 31.2. The van der Waals surface area contributed by atoms with Crippen molar-refractivity contribution in [2.24, 2.45) is 0 Å². The third-order valence-electron chi connectivity index (χ3n) is 1.34. The highest BCUT2D eigenvalue weighted by Gasteiger charge is 2.17. The van der Waals surface area contributed by atoms with E-state index in [2.05, 4.69) is 0 Å². The molecule has 0 amide bonds. The molecule has 1 fully saturated rings. The lowest BCUT2D eigenvalue weighted by Crippen LogP contribution is -2.11. The maximum absolute atomic E-state index is 8.60. The summed E-state index contributed by atoms with van der Waals surface area (Å²) in [7, 11) is -1.77. The second-order valence-corrected chi connectivity index (χ2v) is 3.03. The van der Waals surface area contributed by atoms with E-state index >= 15 is 0 Å². The highest BCUT2D eigenvalue weighted by molar-refractivity contribution is 7.42. The molecule has 8 heavy (non-hydrogen) atoms. The van der Waals surface area contributed by atoms with E-state index < -0.39 is 8.53 Å². The van der Waals surface area contributed by atoms with Gasteiger partial charge in [0.05, 0.1) is 0 Å². The van der Waals surface area contributed by atoms with Crippen molar-refractivity contribution in [3.05, 3.63) is 0 Å². The van der Waals surface area contributed by atoms with Crippen LogP contribution >= 0.6 is 8.53 Å². The molecule has 0 aromatic carbocycles. The van der Waals surface area contributed by atoms with Crippen LogP contribution in [0.15, 0.2) is 0 Å². The summed E-state index contributed by atoms with van der Waals surface area (Å²) in [6, 6.07) is 0. The first-order valence-corrected chi connectivity index (χ1v) is 3.93. The molecule has 3 nitrogen and oxygen atoms in total. The Morgan fingerprint density at radius 3 is 1.88 bits per heavy atom. The lowest BCUT2D eigenvalue weighted by molar-refractivity contribution is 0.380. The molecule has 2 N–H and O–H groups in total. The van der Waals surface area contributed by atoms with Gasteiger partial charge in [0.1, 0.15) is 0 Å². The predicted octanol–water partition coefficient (Wildman–Crippen LogP) is 0.294. The molecular weight excluding hydrogens is 125 g/mol. The van der Waals surface area contributed by atoms with Gasteiger partial charge in [-0.2, -0.15) is 0 Å². The standard InChI is InChI=1S/C4H10NO2P/c6-8(7)5-3-1-2-4-5/h6-7H,1-4H2. The summed E-state index contributed by atoms with van der Waals surface area (Å²) in [5.41, 5.74) is 0. The van der Waals surface area contributed by atoms with Gasteiger partial charge in [0.15, 0.2) is 0 Å². The Bertz CT molecular complexity index is 72.4. The average Bonchev–Trinajstić information content (AvgIpc) is 2.12. The number of nitrogens with zero attached hydrogens (tertiary/aromatic N) is 1. The van der Waals surface area contributed by atoms with Gasteiger partial charge in [-0.25, -0.2) is 4.67 Å². The van der Waals surface area contributed by atoms with Crippen molar-refractivity contribution in [2.45, 2.75) is 12.8 Å². The zero-order chi connectivity index (χ0) is 5.98. The van der Waals surface area contributed by atoms with Crippen LogP contribution in [0.3, 0.4) is 0 Å². The molecule has 1 heterocycles. The van der Waals surface area contributed by atoms with E-state index in [-0.39, 0.29) is 0 Å². The van der Waals surface area contributed by atoms with Crippen LogP contribution in [0.1, 0.15) is 12.8 Å². The van der Waals surface area contributed by atoms with Crippen LogP contribution in [0.25, 0.3) is 0 Å². The minimum Gasteiger partial charge on any atom is -0.338 e. The van der Waals surface area contributed by atoms with E-state index in [9.17, 15) is 0 Å². The molecule has 0 aliphatic carbocycles. The van der Waals surface area contributed by atoms with Crippen LogP contribution < -0.4 is 0 Å². The molecule has 0 aromatic heterocycles. The Hall–Kier alpha value is 0.310. The normalized spacial score (nSPS) is 22.9. The van der Waals surface area contributed by atoms with Gasteiger partial charge in [-0.15, -0.1) is 0 Å². The van der Waals surface area contributed by atoms with Gasteiger partial charge in [0, 0.05) is 13.1 Å². The van der Waals surface area contributed by atoms with E-state index in [4.69, 9.17) is 9.79 Å². The summed E-state index contributed by atoms with van der Waals surface area (Å²) in [5.74, 6) is 0. The topological polar surface area (TPSA) is 43.7 Å². The molecule has 0 bridgehead atoms. The smallest absolute Gasteiger partial charge is 0.253 e. The average molecular weight is 135 g/mol. The van der Waals surface area contributed by atoms with Gasteiger partial charge >= 0.3 is 0 Å². The second-order valence-electron chi connectivity index (χ2n) is 1.93. The highest BCUT2D eigenvalue weighted by Crippen LogP contribution is 2.32. The van der Waals surface area contributed by atoms with Gasteiger partial charge < -0.3 is 9.79 Å². The summed E-state index contributed by atoms with van der Waals surface area (Å²) in [4.78, 5) is 17.2. The molecule has 1 saturated heterocycles. The van der Waals surface area contributed by atoms with E-state index in [1.54, 1.807) is 4.67 Å². The maximum Gasteiger partial charge on any atom is 0.253 e. The summed E-state index contributed by atoms with van der Waals surface area (Å²) in [6.45, 7) is 1.72. The van der Waals surface area contributed by atoms with Gasteiger partial charge in [0.2, 0.25) is 0 Å². The Morgan fingerprint density at radius 1 is 1.12 bits per heavy atom. The van der Waals surface area contributed by atoms with Crippen molar-refractivity contribution in [1.82, 2.24) is 4.67 Å². The summed E-state index contributed by atoms with van der Waals surface area (Å²) in [6.07, 6.45) is 2.22. The zero-order valence-electron chi connectivity index (χ0n) is 4.62. The molecule has 0 aromatic rings. The fourth-order valence-electron chi connectivity index (χ4n) is 0.879. The monoisotopic (exact) mass is 135 g/mol. The van der Waals surface area contributed by atoms with E-state index in [1.807, 2.05) is 0 Å². The number of rotatable bonds is 1. The minimum atomic E-state index is -1.77. The van der Waals surface area contributed by atoms with Gasteiger partial charge in [-0.3, -0.25) is 0 Å². The molecule has 1 aliphatic rings.